The number of pyridine rings is 1. The summed E-state index contributed by atoms with van der Waals surface area (Å²) in [6.07, 6.45) is 5.90. The van der Waals surface area contributed by atoms with Crippen molar-refractivity contribution in [2.75, 3.05) is 4.90 Å². The van der Waals surface area contributed by atoms with Gasteiger partial charge in [-0.3, -0.25) is 19.5 Å². The summed E-state index contributed by atoms with van der Waals surface area (Å²) in [4.78, 5) is 32.5. The van der Waals surface area contributed by atoms with Gasteiger partial charge in [0.15, 0.2) is 0 Å². The molecule has 2 heterocycles. The van der Waals surface area contributed by atoms with Gasteiger partial charge in [-0.2, -0.15) is 0 Å². The molecule has 5 heteroatoms. The third kappa shape index (κ3) is 3.74. The predicted octanol–water partition coefficient (Wildman–Crippen LogP) is 5.20. The molecule has 1 saturated heterocycles. The number of nitrogens with zero attached hydrogens (tertiary/aromatic N) is 2. The van der Waals surface area contributed by atoms with Crippen LogP contribution in [0.3, 0.4) is 0 Å². The lowest BCUT2D eigenvalue weighted by molar-refractivity contribution is -0.132. The number of aryl methyl sites for hydroxylation is 4. The number of aromatic nitrogens is 1. The van der Waals surface area contributed by atoms with Crippen LogP contribution < -0.4 is 4.90 Å². The first-order chi connectivity index (χ1) is 15.9. The van der Waals surface area contributed by atoms with E-state index in [0.29, 0.717) is 16.9 Å². The lowest BCUT2D eigenvalue weighted by atomic mass is 9.89. The number of hydrogen-bond donors (Lipinski definition) is 1. The van der Waals surface area contributed by atoms with Crippen LogP contribution in [0.15, 0.2) is 66.4 Å². The van der Waals surface area contributed by atoms with E-state index in [9.17, 15) is 14.7 Å². The van der Waals surface area contributed by atoms with E-state index in [4.69, 9.17) is 0 Å². The Morgan fingerprint density at radius 2 is 1.67 bits per heavy atom. The summed E-state index contributed by atoms with van der Waals surface area (Å²) in [6, 6.07) is 16.2. The summed E-state index contributed by atoms with van der Waals surface area (Å²) in [7, 11) is 0. The summed E-state index contributed by atoms with van der Waals surface area (Å²) in [6.45, 7) is 3.91. The Hall–Kier alpha value is -3.73. The Kier molecular flexibility index (Phi) is 5.33. The molecule has 0 bridgehead atoms. The van der Waals surface area contributed by atoms with Crippen LogP contribution in [0.5, 0.6) is 0 Å². The van der Waals surface area contributed by atoms with Crippen LogP contribution >= 0.6 is 0 Å². The number of carbonyl (C=O) groups is 2. The van der Waals surface area contributed by atoms with Gasteiger partial charge in [0, 0.05) is 17.4 Å². The summed E-state index contributed by atoms with van der Waals surface area (Å²) in [5.74, 6) is -1.50. The van der Waals surface area contributed by atoms with Gasteiger partial charge >= 0.3 is 0 Å². The van der Waals surface area contributed by atoms with Gasteiger partial charge in [-0.1, -0.05) is 24.3 Å². The van der Waals surface area contributed by atoms with Crippen molar-refractivity contribution < 1.29 is 14.7 Å². The molecule has 5 rings (SSSR count). The lowest BCUT2D eigenvalue weighted by Crippen LogP contribution is -2.30. The molecule has 0 radical (unpaired) electrons. The molecule has 166 valence electrons. The zero-order valence-corrected chi connectivity index (χ0v) is 18.8. The maximum atomic E-state index is 13.3. The van der Waals surface area contributed by atoms with E-state index in [2.05, 4.69) is 4.98 Å². The third-order valence-corrected chi connectivity index (χ3v) is 6.52. The van der Waals surface area contributed by atoms with E-state index in [-0.39, 0.29) is 11.3 Å². The first-order valence-corrected chi connectivity index (χ1v) is 11.4. The van der Waals surface area contributed by atoms with Gasteiger partial charge in [-0.05, 0) is 92.1 Å². The molecule has 0 saturated carbocycles. The number of aliphatic hydroxyl groups is 1. The Bertz CT molecular complexity index is 1270. The van der Waals surface area contributed by atoms with E-state index in [1.54, 1.807) is 18.3 Å². The normalized spacial score (nSPS) is 19.6. The maximum absolute atomic E-state index is 13.3. The second-order valence-electron chi connectivity index (χ2n) is 8.96. The fourth-order valence-electron chi connectivity index (χ4n) is 5.04. The minimum Gasteiger partial charge on any atom is -0.507 e. The van der Waals surface area contributed by atoms with Crippen LogP contribution in [0.4, 0.5) is 5.69 Å². The summed E-state index contributed by atoms with van der Waals surface area (Å²) < 4.78 is 0. The molecular formula is C28H26N2O3. The van der Waals surface area contributed by atoms with E-state index in [1.807, 2.05) is 56.3 Å². The summed E-state index contributed by atoms with van der Waals surface area (Å²) >= 11 is 0. The van der Waals surface area contributed by atoms with Crippen molar-refractivity contribution in [1.29, 1.82) is 0 Å². The van der Waals surface area contributed by atoms with E-state index < -0.39 is 17.7 Å². The summed E-state index contributed by atoms with van der Waals surface area (Å²) in [5.41, 5.74) is 6.26. The van der Waals surface area contributed by atoms with Crippen LogP contribution in [0.25, 0.3) is 5.76 Å². The molecule has 3 aromatic rings. The number of aliphatic hydroxyl groups excluding tert-OH is 1. The number of carbonyl (C=O) groups excluding carboxylic acids is 2. The first kappa shape index (κ1) is 21.1. The van der Waals surface area contributed by atoms with Crippen LogP contribution in [0, 0.1) is 13.8 Å². The molecule has 1 unspecified atom stereocenters. The monoisotopic (exact) mass is 438 g/mol. The van der Waals surface area contributed by atoms with Crippen LogP contribution in [-0.2, 0) is 22.4 Å². The molecular weight excluding hydrogens is 412 g/mol. The highest BCUT2D eigenvalue weighted by Gasteiger charge is 2.47. The number of rotatable bonds is 3. The SMILES string of the molecule is Cc1cc(C)cc(N2C(=O)C(=O)/C(=C(\O)c3ccc4c(c3)CCCC4)C2c2ccccn2)c1. The lowest BCUT2D eigenvalue weighted by Gasteiger charge is -2.25. The topological polar surface area (TPSA) is 70.5 Å². The largest absolute Gasteiger partial charge is 0.507 e. The molecule has 1 amide bonds. The van der Waals surface area contributed by atoms with Gasteiger partial charge in [-0.25, -0.2) is 0 Å². The van der Waals surface area contributed by atoms with Gasteiger partial charge < -0.3 is 5.11 Å². The van der Waals surface area contributed by atoms with Crippen molar-refractivity contribution in [1.82, 2.24) is 4.98 Å². The standard InChI is InChI=1S/C28H26N2O3/c1-17-13-18(2)15-22(14-17)30-25(23-9-5-6-12-29-23)24(27(32)28(30)33)26(31)21-11-10-19-7-3-4-8-20(19)16-21/h5-6,9-16,25,31H,3-4,7-8H2,1-2H3/b26-24-. The highest BCUT2D eigenvalue weighted by atomic mass is 16.3. The highest BCUT2D eigenvalue weighted by Crippen LogP contribution is 2.42. The zero-order valence-electron chi connectivity index (χ0n) is 18.8. The van der Waals surface area contributed by atoms with Crippen molar-refractivity contribution in [3.63, 3.8) is 0 Å². The van der Waals surface area contributed by atoms with Gasteiger partial charge in [0.05, 0.1) is 11.3 Å². The van der Waals surface area contributed by atoms with E-state index >= 15 is 0 Å². The Balaban J connectivity index is 1.70. The Labute approximate surface area is 193 Å². The molecule has 2 aromatic carbocycles. The molecule has 33 heavy (non-hydrogen) atoms. The fraction of sp³-hybridized carbons (Fsp3) is 0.250. The number of hydrogen-bond acceptors (Lipinski definition) is 4. The average Bonchev–Trinajstić information content (AvgIpc) is 3.08. The second kappa shape index (κ2) is 8.32. The molecule has 1 atom stereocenters. The Morgan fingerprint density at radius 1 is 0.939 bits per heavy atom. The molecule has 5 nitrogen and oxygen atoms in total. The van der Waals surface area contributed by atoms with Gasteiger partial charge in [0.1, 0.15) is 11.8 Å². The number of anilines is 1. The highest BCUT2D eigenvalue weighted by molar-refractivity contribution is 6.51. The van der Waals surface area contributed by atoms with Crippen molar-refractivity contribution in [2.24, 2.45) is 0 Å². The number of ketones is 1. The number of benzene rings is 2. The molecule has 1 N–H and O–H groups in total. The smallest absolute Gasteiger partial charge is 0.300 e. The fourth-order valence-corrected chi connectivity index (χ4v) is 5.04. The zero-order chi connectivity index (χ0) is 23.1. The molecule has 0 spiro atoms. The minimum atomic E-state index is -0.802. The molecule has 2 aliphatic rings. The predicted molar refractivity (Wildman–Crippen MR) is 128 cm³/mol. The Morgan fingerprint density at radius 3 is 2.36 bits per heavy atom. The first-order valence-electron chi connectivity index (χ1n) is 11.4. The quantitative estimate of drug-likeness (QED) is 0.346. The van der Waals surface area contributed by atoms with Crippen LogP contribution in [0.1, 0.15) is 52.4 Å². The number of amides is 1. The summed E-state index contributed by atoms with van der Waals surface area (Å²) in [5, 5.41) is 11.4. The number of fused-ring (bicyclic) bond motifs is 1. The van der Waals surface area contributed by atoms with Crippen molar-refractivity contribution >= 4 is 23.1 Å². The average molecular weight is 439 g/mol. The van der Waals surface area contributed by atoms with Crippen molar-refractivity contribution in [3.05, 3.63) is 99.9 Å². The van der Waals surface area contributed by atoms with Gasteiger partial charge in [-0.15, -0.1) is 0 Å². The van der Waals surface area contributed by atoms with Crippen molar-refractivity contribution in [3.8, 4) is 0 Å². The van der Waals surface area contributed by atoms with Gasteiger partial charge in [0.25, 0.3) is 11.7 Å². The molecule has 1 aliphatic heterocycles. The van der Waals surface area contributed by atoms with Gasteiger partial charge in [0.2, 0.25) is 0 Å². The van der Waals surface area contributed by atoms with E-state index in [0.717, 1.165) is 30.4 Å². The number of Topliss-reactive ketones (excluding diaryl/α,β-unsaturated/α-hetero) is 1. The van der Waals surface area contributed by atoms with Crippen LogP contribution in [-0.4, -0.2) is 21.8 Å². The van der Waals surface area contributed by atoms with E-state index in [1.165, 1.54) is 22.4 Å². The minimum absolute atomic E-state index is 0.0774. The molecule has 1 aromatic heterocycles. The second-order valence-corrected chi connectivity index (χ2v) is 8.96. The van der Waals surface area contributed by atoms with Crippen LogP contribution in [0.2, 0.25) is 0 Å². The third-order valence-electron chi connectivity index (χ3n) is 6.52. The molecule has 1 aliphatic carbocycles. The molecule has 1 fully saturated rings. The van der Waals surface area contributed by atoms with Crippen molar-refractivity contribution in [2.45, 2.75) is 45.6 Å². The maximum Gasteiger partial charge on any atom is 0.300 e.